The molecule has 2 aliphatic heterocycles. The monoisotopic (exact) mass is 399 g/mol. The van der Waals surface area contributed by atoms with Crippen molar-refractivity contribution in [3.8, 4) is 5.75 Å². The van der Waals surface area contributed by atoms with Gasteiger partial charge in [0.15, 0.2) is 0 Å². The Bertz CT molecular complexity index is 604. The Kier molecular flexibility index (Phi) is 7.14. The zero-order valence-electron chi connectivity index (χ0n) is 15.1. The molecule has 0 spiro atoms. The molecule has 0 saturated carbocycles. The van der Waals surface area contributed by atoms with E-state index in [9.17, 15) is 9.90 Å². The molecule has 8 nitrogen and oxygen atoms in total. The third-order valence-electron chi connectivity index (χ3n) is 4.66. The van der Waals surface area contributed by atoms with Gasteiger partial charge in [0.25, 0.3) is 0 Å². The highest BCUT2D eigenvalue weighted by Gasteiger charge is 2.35. The number of hydrogen-bond acceptors (Lipinski definition) is 6. The van der Waals surface area contributed by atoms with Crippen LogP contribution in [-0.2, 0) is 4.74 Å². The number of aliphatic hydroxyl groups excluding tert-OH is 1. The summed E-state index contributed by atoms with van der Waals surface area (Å²) in [6, 6.07) is 7.07. The Balaban J connectivity index is 1.39. The molecule has 1 aromatic carbocycles. The summed E-state index contributed by atoms with van der Waals surface area (Å²) >= 11 is 5.85. The van der Waals surface area contributed by atoms with Gasteiger partial charge in [0, 0.05) is 50.8 Å². The first kappa shape index (κ1) is 20.2. The number of ether oxygens (including phenoxy) is 2. The highest BCUT2D eigenvalue weighted by Crippen LogP contribution is 2.20. The molecular weight excluding hydrogens is 374 g/mol. The van der Waals surface area contributed by atoms with E-state index in [1.165, 1.54) is 0 Å². The number of benzene rings is 1. The number of rotatable bonds is 8. The molecule has 1 amide bonds. The number of halogens is 1. The van der Waals surface area contributed by atoms with Gasteiger partial charge in [-0.15, -0.1) is 0 Å². The van der Waals surface area contributed by atoms with Crippen LogP contribution in [0.2, 0.25) is 5.02 Å². The largest absolute Gasteiger partial charge is 0.491 e. The first-order valence-electron chi connectivity index (χ1n) is 9.11. The average molecular weight is 400 g/mol. The van der Waals surface area contributed by atoms with Crippen LogP contribution in [0.25, 0.3) is 0 Å². The van der Waals surface area contributed by atoms with Crippen LogP contribution in [0.3, 0.4) is 0 Å². The van der Waals surface area contributed by atoms with E-state index in [-0.39, 0.29) is 18.8 Å². The van der Waals surface area contributed by atoms with Gasteiger partial charge in [-0.1, -0.05) is 11.6 Å². The van der Waals surface area contributed by atoms with Crippen molar-refractivity contribution in [2.24, 2.45) is 0 Å². The van der Waals surface area contributed by atoms with Crippen molar-refractivity contribution in [3.05, 3.63) is 29.3 Å². The standard InChI is InChI=1S/C18H26ClN3O5/c19-13-1-3-15(4-2-13)26-12-14(23)7-22-10-16-8-21(6-5-20-18(24)25)9-17(11-22)27-16/h1-4,14,16-17,20,23H,5-12H2,(H,24,25). The highest BCUT2D eigenvalue weighted by atomic mass is 35.5. The molecule has 27 heavy (non-hydrogen) atoms. The van der Waals surface area contributed by atoms with Crippen LogP contribution < -0.4 is 10.1 Å². The van der Waals surface area contributed by atoms with Gasteiger partial charge in [-0.2, -0.15) is 0 Å². The molecule has 0 aliphatic carbocycles. The lowest BCUT2D eigenvalue weighted by atomic mass is 10.1. The molecule has 3 unspecified atom stereocenters. The number of fused-ring (bicyclic) bond motifs is 2. The third-order valence-corrected chi connectivity index (χ3v) is 4.91. The van der Waals surface area contributed by atoms with Crippen molar-refractivity contribution >= 4 is 17.7 Å². The second-order valence-corrected chi connectivity index (χ2v) is 7.45. The van der Waals surface area contributed by atoms with Crippen molar-refractivity contribution in [1.82, 2.24) is 15.1 Å². The van der Waals surface area contributed by atoms with Gasteiger partial charge in [0.05, 0.1) is 12.2 Å². The molecule has 3 rings (SSSR count). The van der Waals surface area contributed by atoms with Gasteiger partial charge < -0.3 is 25.0 Å². The van der Waals surface area contributed by atoms with E-state index in [0.29, 0.717) is 30.4 Å². The summed E-state index contributed by atoms with van der Waals surface area (Å²) in [4.78, 5) is 15.0. The van der Waals surface area contributed by atoms with E-state index in [0.717, 1.165) is 26.2 Å². The van der Waals surface area contributed by atoms with E-state index in [1.54, 1.807) is 24.3 Å². The van der Waals surface area contributed by atoms with Crippen LogP contribution in [0.4, 0.5) is 4.79 Å². The topological polar surface area (TPSA) is 94.5 Å². The summed E-state index contributed by atoms with van der Waals surface area (Å²) in [7, 11) is 0. The number of hydrogen-bond donors (Lipinski definition) is 3. The minimum absolute atomic E-state index is 0.0757. The number of carboxylic acid groups (broad SMARTS) is 1. The van der Waals surface area contributed by atoms with Crippen LogP contribution in [0, 0.1) is 0 Å². The number of carbonyl (C=O) groups is 1. The summed E-state index contributed by atoms with van der Waals surface area (Å²) in [6.07, 6.45) is -1.43. The third kappa shape index (κ3) is 6.51. The summed E-state index contributed by atoms with van der Waals surface area (Å²) < 4.78 is 11.6. The zero-order valence-corrected chi connectivity index (χ0v) is 15.8. The number of morpholine rings is 2. The molecule has 2 aliphatic rings. The van der Waals surface area contributed by atoms with Gasteiger partial charge >= 0.3 is 6.09 Å². The van der Waals surface area contributed by atoms with E-state index in [2.05, 4.69) is 15.1 Å². The van der Waals surface area contributed by atoms with Crippen LogP contribution in [0.5, 0.6) is 5.75 Å². The van der Waals surface area contributed by atoms with E-state index < -0.39 is 12.2 Å². The molecule has 3 N–H and O–H groups in total. The molecule has 2 bridgehead atoms. The maximum absolute atomic E-state index is 10.5. The Morgan fingerprint density at radius 2 is 1.85 bits per heavy atom. The maximum Gasteiger partial charge on any atom is 0.404 e. The second kappa shape index (κ2) is 9.57. The number of amides is 1. The quantitative estimate of drug-likeness (QED) is 0.593. The van der Waals surface area contributed by atoms with Crippen molar-refractivity contribution in [2.45, 2.75) is 18.3 Å². The zero-order chi connectivity index (χ0) is 19.2. The molecule has 150 valence electrons. The van der Waals surface area contributed by atoms with E-state index in [4.69, 9.17) is 26.2 Å². The molecule has 1 aromatic rings. The van der Waals surface area contributed by atoms with Crippen LogP contribution >= 0.6 is 11.6 Å². The Hall–Kier alpha value is -1.58. The van der Waals surface area contributed by atoms with E-state index in [1.807, 2.05) is 0 Å². The summed E-state index contributed by atoms with van der Waals surface area (Å²) in [5.41, 5.74) is 0. The normalized spacial score (nSPS) is 24.4. The van der Waals surface area contributed by atoms with E-state index >= 15 is 0 Å². The minimum atomic E-state index is -0.996. The summed E-state index contributed by atoms with van der Waals surface area (Å²) in [5, 5.41) is 22.0. The lowest BCUT2D eigenvalue weighted by molar-refractivity contribution is -0.142. The van der Waals surface area contributed by atoms with Gasteiger partial charge in [0.2, 0.25) is 0 Å². The van der Waals surface area contributed by atoms with Crippen molar-refractivity contribution in [3.63, 3.8) is 0 Å². The summed E-state index contributed by atoms with van der Waals surface area (Å²) in [6.45, 7) is 4.89. The molecule has 0 radical (unpaired) electrons. The Morgan fingerprint density at radius 1 is 1.22 bits per heavy atom. The average Bonchev–Trinajstić information content (AvgIpc) is 2.60. The number of nitrogens with one attached hydrogen (secondary N) is 1. The Labute approximate surface area is 163 Å². The fourth-order valence-electron chi connectivity index (χ4n) is 3.59. The maximum atomic E-state index is 10.5. The molecule has 2 heterocycles. The molecular formula is C18H26ClN3O5. The molecule has 0 aromatic heterocycles. The lowest BCUT2D eigenvalue weighted by Gasteiger charge is -2.46. The molecule has 9 heteroatoms. The molecule has 2 saturated heterocycles. The predicted molar refractivity (Wildman–Crippen MR) is 101 cm³/mol. The van der Waals surface area contributed by atoms with Gasteiger partial charge in [0.1, 0.15) is 18.5 Å². The summed E-state index contributed by atoms with van der Waals surface area (Å²) in [5.74, 6) is 0.683. The molecule has 2 fully saturated rings. The number of nitrogens with zero attached hydrogens (tertiary/aromatic N) is 2. The van der Waals surface area contributed by atoms with Crippen LogP contribution in [-0.4, -0.2) is 96.8 Å². The fourth-order valence-corrected chi connectivity index (χ4v) is 3.71. The first-order valence-corrected chi connectivity index (χ1v) is 9.49. The Morgan fingerprint density at radius 3 is 2.48 bits per heavy atom. The minimum Gasteiger partial charge on any atom is -0.491 e. The van der Waals surface area contributed by atoms with Crippen molar-refractivity contribution in [1.29, 1.82) is 0 Å². The highest BCUT2D eigenvalue weighted by molar-refractivity contribution is 6.30. The number of β-amino-alcohol motifs (C(OH)–C–C–N with tert-alkyl or cyclic N) is 1. The second-order valence-electron chi connectivity index (χ2n) is 7.01. The van der Waals surface area contributed by atoms with Crippen LogP contribution in [0.1, 0.15) is 0 Å². The smallest absolute Gasteiger partial charge is 0.404 e. The van der Waals surface area contributed by atoms with Gasteiger partial charge in [-0.05, 0) is 24.3 Å². The predicted octanol–water partition coefficient (Wildman–Crippen LogP) is 0.732. The molecule has 3 atom stereocenters. The fraction of sp³-hybridized carbons (Fsp3) is 0.611. The van der Waals surface area contributed by atoms with Gasteiger partial charge in [-0.3, -0.25) is 9.80 Å². The van der Waals surface area contributed by atoms with Crippen molar-refractivity contribution < 1.29 is 24.5 Å². The van der Waals surface area contributed by atoms with Crippen LogP contribution in [0.15, 0.2) is 24.3 Å². The first-order chi connectivity index (χ1) is 13.0. The SMILES string of the molecule is O=C(O)NCCN1CC2CN(CC(O)COc3ccc(Cl)cc3)CC(C1)O2. The lowest BCUT2D eigenvalue weighted by Crippen LogP contribution is -2.61. The van der Waals surface area contributed by atoms with Crippen molar-refractivity contribution in [2.75, 3.05) is 52.4 Å². The van der Waals surface area contributed by atoms with Gasteiger partial charge in [-0.25, -0.2) is 4.79 Å². The number of aliphatic hydroxyl groups is 1.